The number of rotatable bonds is 5. The molecule has 3 heterocycles. The normalized spacial score (nSPS) is 19.0. The minimum Gasteiger partial charge on any atom is -0.372 e. The molecule has 2 amide bonds. The quantitative estimate of drug-likeness (QED) is 0.428. The highest BCUT2D eigenvalue weighted by Gasteiger charge is 2.38. The maximum Gasteiger partial charge on any atom is 0.416 e. The fourth-order valence-corrected chi connectivity index (χ4v) is 5.09. The standard InChI is InChI=1S/C24H24F6N6O3S/c1-11-9-35(10-12(2)39-11)21(38)18-8-31-22(40-18)36-19(33-14(4)34-36)13(3)32-20(37)15-5-16(23(25,26)27)7-17(6-15)24(28,29)30/h5-8,11-13H,9-10H2,1-4H3,(H,32,37)/t11-,12-,13+/m1/s1. The van der Waals surface area contributed by atoms with Crippen LogP contribution in [0, 0.1) is 6.92 Å². The van der Waals surface area contributed by atoms with Gasteiger partial charge in [-0.2, -0.15) is 31.0 Å². The van der Waals surface area contributed by atoms with Gasteiger partial charge in [-0.1, -0.05) is 11.3 Å². The summed E-state index contributed by atoms with van der Waals surface area (Å²) in [6.07, 6.45) is -9.11. The summed E-state index contributed by atoms with van der Waals surface area (Å²) in [7, 11) is 0. The monoisotopic (exact) mass is 590 g/mol. The van der Waals surface area contributed by atoms with Gasteiger partial charge in [0.05, 0.1) is 35.6 Å². The lowest BCUT2D eigenvalue weighted by molar-refractivity contribution is -0.143. The minimum absolute atomic E-state index is 0.0558. The van der Waals surface area contributed by atoms with Gasteiger partial charge in [-0.25, -0.2) is 9.97 Å². The first kappa shape index (κ1) is 29.5. The maximum absolute atomic E-state index is 13.2. The largest absolute Gasteiger partial charge is 0.416 e. The minimum atomic E-state index is -5.10. The second-order valence-electron chi connectivity index (χ2n) is 9.39. The zero-order valence-electron chi connectivity index (χ0n) is 21.6. The number of hydrogen-bond donors (Lipinski definition) is 1. The van der Waals surface area contributed by atoms with E-state index in [1.54, 1.807) is 11.8 Å². The molecule has 2 aromatic heterocycles. The number of thiazole rings is 1. The van der Waals surface area contributed by atoms with Crippen LogP contribution in [0.4, 0.5) is 26.3 Å². The number of nitrogens with one attached hydrogen (secondary N) is 1. The molecule has 0 aliphatic carbocycles. The van der Waals surface area contributed by atoms with Gasteiger partial charge in [-0.3, -0.25) is 9.59 Å². The molecule has 0 saturated carbocycles. The van der Waals surface area contributed by atoms with Crippen LogP contribution in [-0.4, -0.2) is 61.8 Å². The summed E-state index contributed by atoms with van der Waals surface area (Å²) in [4.78, 5) is 36.3. The van der Waals surface area contributed by atoms with Gasteiger partial charge in [0.1, 0.15) is 10.7 Å². The molecular formula is C24H24F6N6O3S. The summed E-state index contributed by atoms with van der Waals surface area (Å²) in [5.41, 5.74) is -4.04. The molecule has 0 unspecified atom stereocenters. The van der Waals surface area contributed by atoms with E-state index in [-0.39, 0.29) is 41.0 Å². The summed E-state index contributed by atoms with van der Waals surface area (Å²) < 4.78 is 86.3. The predicted molar refractivity (Wildman–Crippen MR) is 130 cm³/mol. The molecular weight excluding hydrogens is 566 g/mol. The Morgan fingerprint density at radius 3 is 2.17 bits per heavy atom. The number of carbonyl (C=O) groups excluding carboxylic acids is 2. The smallest absolute Gasteiger partial charge is 0.372 e. The van der Waals surface area contributed by atoms with Crippen molar-refractivity contribution in [2.75, 3.05) is 13.1 Å². The Bertz CT molecular complexity index is 1380. The summed E-state index contributed by atoms with van der Waals surface area (Å²) in [6, 6.07) is -0.375. The molecule has 1 fully saturated rings. The van der Waals surface area contributed by atoms with Gasteiger partial charge in [0.25, 0.3) is 11.8 Å². The van der Waals surface area contributed by atoms with Crippen molar-refractivity contribution in [1.82, 2.24) is 30.0 Å². The number of hydrogen-bond acceptors (Lipinski definition) is 7. The molecule has 16 heteroatoms. The average molecular weight is 591 g/mol. The predicted octanol–water partition coefficient (Wildman–Crippen LogP) is 4.81. The Morgan fingerprint density at radius 2 is 1.62 bits per heavy atom. The second kappa shape index (κ2) is 10.8. The van der Waals surface area contributed by atoms with Crippen LogP contribution >= 0.6 is 11.3 Å². The van der Waals surface area contributed by atoms with Crippen LogP contribution in [0.25, 0.3) is 5.13 Å². The van der Waals surface area contributed by atoms with E-state index in [0.29, 0.717) is 30.1 Å². The number of halogens is 6. The Kier molecular flexibility index (Phi) is 7.95. The molecule has 3 aromatic rings. The first-order chi connectivity index (χ1) is 18.5. The molecule has 9 nitrogen and oxygen atoms in total. The van der Waals surface area contributed by atoms with Crippen molar-refractivity contribution >= 4 is 23.2 Å². The van der Waals surface area contributed by atoms with Crippen LogP contribution < -0.4 is 5.32 Å². The van der Waals surface area contributed by atoms with Gasteiger partial charge in [-0.05, 0) is 45.9 Å². The first-order valence-corrected chi connectivity index (χ1v) is 12.8. The van der Waals surface area contributed by atoms with Gasteiger partial charge < -0.3 is 15.0 Å². The zero-order valence-corrected chi connectivity index (χ0v) is 22.4. The third kappa shape index (κ3) is 6.43. The fourth-order valence-electron chi connectivity index (χ4n) is 4.24. The third-order valence-corrected chi connectivity index (χ3v) is 6.88. The summed E-state index contributed by atoms with van der Waals surface area (Å²) in [5, 5.41) is 6.85. The van der Waals surface area contributed by atoms with Crippen LogP contribution in [-0.2, 0) is 17.1 Å². The lowest BCUT2D eigenvalue weighted by atomic mass is 10.0. The number of morpholine rings is 1. The fraction of sp³-hybridized carbons (Fsp3) is 0.458. The molecule has 216 valence electrons. The van der Waals surface area contributed by atoms with Gasteiger partial charge in [0, 0.05) is 18.7 Å². The molecule has 1 aromatic carbocycles. The molecule has 40 heavy (non-hydrogen) atoms. The first-order valence-electron chi connectivity index (χ1n) is 12.0. The Labute approximate surface area is 228 Å². The topological polar surface area (TPSA) is 102 Å². The number of amides is 2. The SMILES string of the molecule is Cc1nc([C@H](C)NC(=O)c2cc(C(F)(F)F)cc(C(F)(F)F)c2)n(-c2ncc(C(=O)N3C[C@@H](C)O[C@H](C)C3)s2)n1. The van der Waals surface area contributed by atoms with E-state index in [9.17, 15) is 35.9 Å². The maximum atomic E-state index is 13.2. The molecule has 1 N–H and O–H groups in total. The van der Waals surface area contributed by atoms with Crippen LogP contribution in [0.3, 0.4) is 0 Å². The molecule has 1 saturated heterocycles. The summed E-state index contributed by atoms with van der Waals surface area (Å²) in [6.45, 7) is 7.51. The number of alkyl halides is 6. The Hall–Kier alpha value is -3.53. The van der Waals surface area contributed by atoms with Crippen molar-refractivity contribution < 1.29 is 40.7 Å². The van der Waals surface area contributed by atoms with Gasteiger partial charge in [-0.15, -0.1) is 5.10 Å². The van der Waals surface area contributed by atoms with Gasteiger partial charge >= 0.3 is 12.4 Å². The average Bonchev–Trinajstić information content (AvgIpc) is 3.48. The zero-order chi connectivity index (χ0) is 29.6. The van der Waals surface area contributed by atoms with Gasteiger partial charge in [0.2, 0.25) is 5.13 Å². The molecule has 0 bridgehead atoms. The van der Waals surface area contributed by atoms with Crippen molar-refractivity contribution in [3.63, 3.8) is 0 Å². The van der Waals surface area contributed by atoms with Crippen molar-refractivity contribution in [3.8, 4) is 5.13 Å². The van der Waals surface area contributed by atoms with Crippen LogP contribution in [0.1, 0.15) is 69.6 Å². The number of nitrogens with zero attached hydrogens (tertiary/aromatic N) is 5. The Balaban J connectivity index is 1.58. The highest BCUT2D eigenvalue weighted by molar-refractivity contribution is 7.16. The van der Waals surface area contributed by atoms with Crippen molar-refractivity contribution in [2.45, 2.75) is 58.3 Å². The van der Waals surface area contributed by atoms with Crippen LogP contribution in [0.2, 0.25) is 0 Å². The lowest BCUT2D eigenvalue weighted by Gasteiger charge is -2.34. The molecule has 1 aliphatic heterocycles. The van der Waals surface area contributed by atoms with E-state index in [1.807, 2.05) is 13.8 Å². The summed E-state index contributed by atoms with van der Waals surface area (Å²) in [5.74, 6) is -1.07. The van der Waals surface area contributed by atoms with E-state index >= 15 is 0 Å². The molecule has 3 atom stereocenters. The molecule has 0 spiro atoms. The van der Waals surface area contributed by atoms with Crippen molar-refractivity contribution in [3.05, 3.63) is 57.6 Å². The lowest BCUT2D eigenvalue weighted by Crippen LogP contribution is -2.48. The summed E-state index contributed by atoms with van der Waals surface area (Å²) >= 11 is 1.01. The molecule has 0 radical (unpaired) electrons. The number of ether oxygens (including phenoxy) is 1. The van der Waals surface area contributed by atoms with E-state index in [2.05, 4.69) is 20.4 Å². The van der Waals surface area contributed by atoms with Crippen molar-refractivity contribution in [2.24, 2.45) is 0 Å². The number of benzene rings is 1. The molecule has 1 aliphatic rings. The van der Waals surface area contributed by atoms with E-state index in [1.165, 1.54) is 17.8 Å². The number of aromatic nitrogens is 4. The van der Waals surface area contributed by atoms with E-state index < -0.39 is 41.0 Å². The van der Waals surface area contributed by atoms with E-state index in [0.717, 1.165) is 11.3 Å². The highest BCUT2D eigenvalue weighted by atomic mass is 32.1. The Morgan fingerprint density at radius 1 is 1.05 bits per heavy atom. The molecule has 4 rings (SSSR count). The van der Waals surface area contributed by atoms with E-state index in [4.69, 9.17) is 4.74 Å². The van der Waals surface area contributed by atoms with Gasteiger partial charge in [0.15, 0.2) is 5.82 Å². The number of aryl methyl sites for hydroxylation is 1. The van der Waals surface area contributed by atoms with Crippen LogP contribution in [0.5, 0.6) is 0 Å². The number of carbonyl (C=O) groups is 2. The van der Waals surface area contributed by atoms with Crippen molar-refractivity contribution in [1.29, 1.82) is 0 Å². The van der Waals surface area contributed by atoms with Crippen LogP contribution in [0.15, 0.2) is 24.4 Å². The highest BCUT2D eigenvalue weighted by Crippen LogP contribution is 2.36. The second-order valence-corrected chi connectivity index (χ2v) is 10.4. The third-order valence-electron chi connectivity index (χ3n) is 5.92.